The lowest BCUT2D eigenvalue weighted by Gasteiger charge is -2.29. The number of aromatic amines is 1. The van der Waals surface area contributed by atoms with Crippen molar-refractivity contribution in [3.05, 3.63) is 90.1 Å². The van der Waals surface area contributed by atoms with E-state index in [0.29, 0.717) is 30.0 Å². The fraction of sp³-hybridized carbons (Fsp3) is 0.517. The Kier molecular flexibility index (Phi) is 24.4. The van der Waals surface area contributed by atoms with Crippen LogP contribution >= 0.6 is 11.8 Å². The predicted octanol–water partition coefficient (Wildman–Crippen LogP) is -1.04. The number of imidazole rings is 1. The molecule has 460 valence electrons. The van der Waals surface area contributed by atoms with Crippen molar-refractivity contribution < 1.29 is 52.7 Å². The van der Waals surface area contributed by atoms with Gasteiger partial charge < -0.3 is 73.8 Å². The van der Waals surface area contributed by atoms with Gasteiger partial charge in [-0.2, -0.15) is 0 Å². The van der Waals surface area contributed by atoms with E-state index in [1.54, 1.807) is 44.3 Å². The molecule has 2 aromatic carbocycles. The number of carbonyl (C=O) groups excluding carboxylic acids is 11. The first-order valence-corrected chi connectivity index (χ1v) is 29.8. The van der Waals surface area contributed by atoms with Gasteiger partial charge in [0.05, 0.1) is 30.5 Å². The Balaban J connectivity index is 1.14. The molecule has 0 radical (unpaired) electrons. The van der Waals surface area contributed by atoms with Crippen LogP contribution in [0.4, 0.5) is 0 Å². The molecule has 9 atom stereocenters. The van der Waals surface area contributed by atoms with Crippen LogP contribution in [0.1, 0.15) is 90.0 Å². The maximum absolute atomic E-state index is 14.5. The molecule has 2 saturated heterocycles. The van der Waals surface area contributed by atoms with Crippen molar-refractivity contribution in [2.24, 2.45) is 30.4 Å². The van der Waals surface area contributed by atoms with Gasteiger partial charge in [0.15, 0.2) is 0 Å². The monoisotopic (exact) mass is 1200 g/mol. The number of aryl methyl sites for hydroxylation is 1. The molecule has 0 bridgehead atoms. The maximum Gasteiger partial charge on any atom is 0.246 e. The molecule has 27 heteroatoms. The van der Waals surface area contributed by atoms with E-state index in [4.69, 9.17) is 11.5 Å². The number of primary amides is 2. The minimum absolute atomic E-state index is 0.0655. The third-order valence-electron chi connectivity index (χ3n) is 14.7. The Morgan fingerprint density at radius 3 is 2.00 bits per heavy atom. The van der Waals surface area contributed by atoms with Gasteiger partial charge in [-0.25, -0.2) is 4.98 Å². The summed E-state index contributed by atoms with van der Waals surface area (Å²) >= 11 is 1.36. The quantitative estimate of drug-likeness (QED) is 0.0297. The number of thioether (sulfide) groups is 1. The van der Waals surface area contributed by atoms with Crippen molar-refractivity contribution in [3.8, 4) is 0 Å². The zero-order chi connectivity index (χ0) is 61.9. The van der Waals surface area contributed by atoms with E-state index in [0.717, 1.165) is 29.3 Å². The number of carbonyl (C=O) groups is 11. The third-order valence-corrected chi connectivity index (χ3v) is 15.8. The molecule has 6 rings (SSSR count). The van der Waals surface area contributed by atoms with Crippen LogP contribution in [-0.4, -0.2) is 164 Å². The fourth-order valence-electron chi connectivity index (χ4n) is 10.1. The molecule has 14 N–H and O–H groups in total. The van der Waals surface area contributed by atoms with Gasteiger partial charge in [0.2, 0.25) is 65.0 Å². The summed E-state index contributed by atoms with van der Waals surface area (Å²) < 4.78 is 1.85. The van der Waals surface area contributed by atoms with Crippen LogP contribution in [0, 0.1) is 11.8 Å². The molecular formula is C58H81N15O11S. The Hall–Kier alpha value is -8.33. The average molecular weight is 1200 g/mol. The van der Waals surface area contributed by atoms with Gasteiger partial charge in [0, 0.05) is 61.8 Å². The van der Waals surface area contributed by atoms with Gasteiger partial charge in [-0.1, -0.05) is 82.6 Å². The Labute approximate surface area is 497 Å². The Morgan fingerprint density at radius 1 is 0.706 bits per heavy atom. The fourth-order valence-corrected chi connectivity index (χ4v) is 11.3. The van der Waals surface area contributed by atoms with E-state index in [1.807, 2.05) is 55.8 Å². The van der Waals surface area contributed by atoms with Gasteiger partial charge in [0.1, 0.15) is 48.3 Å². The molecule has 0 aliphatic carbocycles. The first kappa shape index (κ1) is 65.8. The van der Waals surface area contributed by atoms with Crippen LogP contribution in [0.25, 0.3) is 10.9 Å². The smallest absolute Gasteiger partial charge is 0.246 e. The molecule has 2 aliphatic heterocycles. The number of hydrogen-bond acceptors (Lipinski definition) is 14. The van der Waals surface area contributed by atoms with E-state index >= 15 is 0 Å². The van der Waals surface area contributed by atoms with E-state index in [2.05, 4.69) is 57.8 Å². The summed E-state index contributed by atoms with van der Waals surface area (Å²) in [5.41, 5.74) is 13.7. The van der Waals surface area contributed by atoms with Crippen molar-refractivity contribution >= 4 is 87.6 Å². The maximum atomic E-state index is 14.5. The van der Waals surface area contributed by atoms with Crippen LogP contribution in [0.5, 0.6) is 0 Å². The Bertz CT molecular complexity index is 3000. The minimum atomic E-state index is -1.44. The molecule has 4 aromatic rings. The minimum Gasteiger partial charge on any atom is -0.370 e. The van der Waals surface area contributed by atoms with Crippen LogP contribution in [-0.2, 0) is 79.1 Å². The summed E-state index contributed by atoms with van der Waals surface area (Å²) in [7, 11) is 1.82. The molecular weight excluding hydrogens is 1110 g/mol. The largest absolute Gasteiger partial charge is 0.370 e. The van der Waals surface area contributed by atoms with Crippen molar-refractivity contribution in [1.29, 1.82) is 0 Å². The second-order valence-electron chi connectivity index (χ2n) is 22.3. The number of fused-ring (bicyclic) bond motifs is 1. The lowest BCUT2D eigenvalue weighted by atomic mass is 10.0. The molecule has 2 fully saturated rings. The highest BCUT2D eigenvalue weighted by Crippen LogP contribution is 2.24. The highest BCUT2D eigenvalue weighted by atomic mass is 32.2. The van der Waals surface area contributed by atoms with Crippen LogP contribution < -0.4 is 59.3 Å². The summed E-state index contributed by atoms with van der Waals surface area (Å²) in [6.07, 6.45) is 6.45. The van der Waals surface area contributed by atoms with E-state index < -0.39 is 126 Å². The van der Waals surface area contributed by atoms with Gasteiger partial charge in [-0.15, -0.1) is 11.8 Å². The first-order valence-electron chi connectivity index (χ1n) is 28.6. The summed E-state index contributed by atoms with van der Waals surface area (Å²) in [5, 5.41) is 25.4. The number of amides is 11. The topological polar surface area (TPSA) is 385 Å². The zero-order valence-corrected chi connectivity index (χ0v) is 49.7. The number of aromatic nitrogens is 3. The summed E-state index contributed by atoms with van der Waals surface area (Å²) in [4.78, 5) is 159. The number of hydrogen-bond donors (Lipinski definition) is 12. The molecule has 2 aromatic heterocycles. The molecule has 4 heterocycles. The van der Waals surface area contributed by atoms with Gasteiger partial charge in [-0.05, 0) is 68.2 Å². The SMILES string of the molecule is CC(C)C[C@H](NC(=O)[C@H](Cc1c[nH]cn1)NC(=O)CNC(=O)[C@@H](NC(=O)[C@H](C)NC(=O)[C@H](Cc1cn(C)c2ccccc12)NC(=O)[C@H](CCC(N)=O)NC(=O)[C@@H](Cc1ccccc1)NC(=O)[C@@H]1CCCCN1)C(C)C)C(=O)N1CSC[C@H]1C(N)=O. The van der Waals surface area contributed by atoms with Crippen LogP contribution in [0.3, 0.4) is 0 Å². The van der Waals surface area contributed by atoms with Crippen LogP contribution in [0.15, 0.2) is 73.3 Å². The number of piperidine rings is 1. The van der Waals surface area contributed by atoms with Crippen molar-refractivity contribution in [2.75, 3.05) is 24.7 Å². The molecule has 0 spiro atoms. The first-order chi connectivity index (χ1) is 40.5. The summed E-state index contributed by atoms with van der Waals surface area (Å²) in [5.74, 6) is -7.94. The highest BCUT2D eigenvalue weighted by Gasteiger charge is 2.39. The van der Waals surface area contributed by atoms with Crippen LogP contribution in [0.2, 0.25) is 0 Å². The van der Waals surface area contributed by atoms with E-state index in [1.165, 1.54) is 36.1 Å². The molecule has 85 heavy (non-hydrogen) atoms. The van der Waals surface area contributed by atoms with Crippen molar-refractivity contribution in [3.63, 3.8) is 0 Å². The zero-order valence-electron chi connectivity index (χ0n) is 48.9. The number of H-pyrrole nitrogens is 1. The lowest BCUT2D eigenvalue weighted by Crippen LogP contribution is -2.60. The highest BCUT2D eigenvalue weighted by molar-refractivity contribution is 7.99. The van der Waals surface area contributed by atoms with E-state index in [9.17, 15) is 52.7 Å². The normalized spacial score (nSPS) is 17.5. The summed E-state index contributed by atoms with van der Waals surface area (Å²) in [6, 6.07) is 6.05. The molecule has 2 aliphatic rings. The summed E-state index contributed by atoms with van der Waals surface area (Å²) in [6.45, 7) is 8.38. The number of para-hydroxylation sites is 1. The predicted molar refractivity (Wildman–Crippen MR) is 317 cm³/mol. The second kappa shape index (κ2) is 31.5. The molecule has 0 saturated carbocycles. The number of rotatable bonds is 30. The number of nitrogens with two attached hydrogens (primary N) is 2. The van der Waals surface area contributed by atoms with Gasteiger partial charge >= 0.3 is 0 Å². The second-order valence-corrected chi connectivity index (χ2v) is 23.3. The molecule has 0 unspecified atom stereocenters. The lowest BCUT2D eigenvalue weighted by molar-refractivity contribution is -0.141. The molecule has 26 nitrogen and oxygen atoms in total. The van der Waals surface area contributed by atoms with E-state index in [-0.39, 0.29) is 56.2 Å². The average Bonchev–Trinajstić information content (AvgIpc) is 3.88. The standard InChI is InChI=1S/C58H81N15O11S/c1-32(2)22-44(58(84)73-31-85-29-46(73)50(60)76)70-56(82)43(25-37-26-61-30-64-37)66-48(75)27-63-57(83)49(33(3)4)71-51(77)34(5)65-54(80)42(24-36-28-72(6)45-18-11-10-16-38(36)45)69-53(79)40(19-20-47(59)74)67-55(81)41(23-35-14-8-7-9-15-35)68-52(78)39-17-12-13-21-62-39/h7-11,14-16,18,26,28,30,32-34,39-44,46,49,62H,12-13,17,19-25,27,29,31H2,1-6H3,(H2,59,74)(H2,60,76)(H,61,64)(H,63,83)(H,65,80)(H,66,75)(H,67,81)(H,68,78)(H,69,79)(H,70,82)(H,71,77)/t34-,39-,40-,41+,42-,43-,44-,46-,49-/m0/s1. The Morgan fingerprint density at radius 2 is 1.35 bits per heavy atom. The number of nitrogens with zero attached hydrogens (tertiary/aromatic N) is 3. The number of benzene rings is 2. The van der Waals surface area contributed by atoms with Crippen molar-refractivity contribution in [1.82, 2.24) is 67.3 Å². The third kappa shape index (κ3) is 19.4. The molecule has 11 amide bonds. The number of nitrogens with one attached hydrogen (secondary N) is 10. The van der Waals surface area contributed by atoms with Gasteiger partial charge in [-0.3, -0.25) is 52.7 Å². The van der Waals surface area contributed by atoms with Crippen molar-refractivity contribution in [2.45, 2.75) is 147 Å². The van der Waals surface area contributed by atoms with Gasteiger partial charge in [0.25, 0.3) is 0 Å².